The molecule has 1 aromatic carbocycles. The van der Waals surface area contributed by atoms with Crippen LogP contribution in [0.1, 0.15) is 23.4 Å². The first-order valence-electron chi connectivity index (χ1n) is 7.72. The second-order valence-corrected chi connectivity index (χ2v) is 5.68. The summed E-state index contributed by atoms with van der Waals surface area (Å²) in [5, 5.41) is 17.6. The monoisotopic (exact) mass is 368 g/mol. The highest BCUT2D eigenvalue weighted by Gasteiger charge is 2.22. The van der Waals surface area contributed by atoms with E-state index in [2.05, 4.69) is 15.2 Å². The zero-order valence-electron chi connectivity index (χ0n) is 14.5. The second-order valence-electron chi connectivity index (χ2n) is 5.68. The lowest BCUT2D eigenvalue weighted by Crippen LogP contribution is -2.17. The molecule has 2 aromatic rings. The van der Waals surface area contributed by atoms with Crippen molar-refractivity contribution in [1.82, 2.24) is 9.78 Å². The number of anilines is 1. The van der Waals surface area contributed by atoms with Crippen molar-refractivity contribution in [2.45, 2.75) is 40.3 Å². The molecule has 0 aliphatic heterocycles. The molecule has 1 N–H and O–H groups in total. The van der Waals surface area contributed by atoms with Gasteiger partial charge in [-0.25, -0.2) is 0 Å². The molecule has 0 atom stereocenters. The van der Waals surface area contributed by atoms with E-state index < -0.39 is 17.4 Å². The van der Waals surface area contributed by atoms with Crippen LogP contribution in [0.4, 0.5) is 20.2 Å². The molecular weight excluding hydrogens is 350 g/mol. The lowest BCUT2D eigenvalue weighted by molar-refractivity contribution is -0.386. The first-order chi connectivity index (χ1) is 12.2. The standard InChI is InChI=1S/C16H18F2N4O4/c1-9-4-5-13(26-16(17)18)12(8-9)19-14(23)6-7-21-11(3)15(22(24)25)10(2)20-21/h4-5,8,16H,6-7H2,1-3H3,(H,19,23). The Labute approximate surface area is 147 Å². The summed E-state index contributed by atoms with van der Waals surface area (Å²) in [6.07, 6.45) is -0.0405. The van der Waals surface area contributed by atoms with Gasteiger partial charge in [-0.1, -0.05) is 6.07 Å². The van der Waals surface area contributed by atoms with E-state index >= 15 is 0 Å². The lowest BCUT2D eigenvalue weighted by atomic mass is 10.2. The molecule has 8 nitrogen and oxygen atoms in total. The van der Waals surface area contributed by atoms with Gasteiger partial charge in [0.15, 0.2) is 0 Å². The molecule has 1 aromatic heterocycles. The number of aryl methyl sites for hydroxylation is 3. The zero-order chi connectivity index (χ0) is 19.4. The molecule has 1 heterocycles. The minimum Gasteiger partial charge on any atom is -0.433 e. The summed E-state index contributed by atoms with van der Waals surface area (Å²) in [7, 11) is 0. The lowest BCUT2D eigenvalue weighted by Gasteiger charge is -2.13. The van der Waals surface area contributed by atoms with E-state index in [0.29, 0.717) is 5.69 Å². The van der Waals surface area contributed by atoms with E-state index in [1.165, 1.54) is 23.7 Å². The minimum absolute atomic E-state index is 0.0405. The van der Waals surface area contributed by atoms with Gasteiger partial charge >= 0.3 is 12.3 Å². The van der Waals surface area contributed by atoms with E-state index in [0.717, 1.165) is 5.56 Å². The number of halogens is 2. The number of ether oxygens (including phenoxy) is 1. The third kappa shape index (κ3) is 4.52. The Kier molecular flexibility index (Phi) is 5.86. The van der Waals surface area contributed by atoms with Crippen molar-refractivity contribution in [3.05, 3.63) is 45.3 Å². The molecule has 1 amide bonds. The molecule has 2 rings (SSSR count). The van der Waals surface area contributed by atoms with Gasteiger partial charge in [0.05, 0.1) is 17.2 Å². The van der Waals surface area contributed by atoms with Crippen LogP contribution >= 0.6 is 0 Å². The first-order valence-corrected chi connectivity index (χ1v) is 7.72. The summed E-state index contributed by atoms with van der Waals surface area (Å²) >= 11 is 0. The number of rotatable bonds is 7. The summed E-state index contributed by atoms with van der Waals surface area (Å²) in [5.74, 6) is -0.592. The van der Waals surface area contributed by atoms with Crippen LogP contribution in [-0.4, -0.2) is 27.2 Å². The number of nitro groups is 1. The first kappa shape index (κ1) is 19.3. The number of alkyl halides is 2. The number of nitrogens with zero attached hydrogens (tertiary/aromatic N) is 3. The molecule has 10 heteroatoms. The molecule has 0 aliphatic carbocycles. The number of hydrogen-bond acceptors (Lipinski definition) is 5. The average molecular weight is 368 g/mol. The molecule has 0 aliphatic rings. The summed E-state index contributed by atoms with van der Waals surface area (Å²) in [5.41, 5.74) is 1.42. The van der Waals surface area contributed by atoms with Gasteiger partial charge in [-0.2, -0.15) is 13.9 Å². The molecule has 0 saturated heterocycles. The third-order valence-electron chi connectivity index (χ3n) is 3.70. The Balaban J connectivity index is 2.07. The fourth-order valence-corrected chi connectivity index (χ4v) is 2.53. The Morgan fingerprint density at radius 3 is 2.65 bits per heavy atom. The topological polar surface area (TPSA) is 99.3 Å². The van der Waals surface area contributed by atoms with E-state index in [4.69, 9.17) is 0 Å². The van der Waals surface area contributed by atoms with Crippen molar-refractivity contribution in [2.75, 3.05) is 5.32 Å². The van der Waals surface area contributed by atoms with Gasteiger partial charge in [-0.05, 0) is 38.5 Å². The predicted molar refractivity (Wildman–Crippen MR) is 89.4 cm³/mol. The maximum atomic E-state index is 12.5. The van der Waals surface area contributed by atoms with Crippen LogP contribution in [0.3, 0.4) is 0 Å². The van der Waals surface area contributed by atoms with Gasteiger partial charge in [-0.15, -0.1) is 0 Å². The van der Waals surface area contributed by atoms with E-state index in [9.17, 15) is 23.7 Å². The van der Waals surface area contributed by atoms with E-state index in [-0.39, 0.29) is 35.8 Å². The molecule has 0 bridgehead atoms. The van der Waals surface area contributed by atoms with Crippen LogP contribution < -0.4 is 10.1 Å². The quantitative estimate of drug-likeness (QED) is 0.597. The zero-order valence-corrected chi connectivity index (χ0v) is 14.5. The highest BCUT2D eigenvalue weighted by atomic mass is 19.3. The SMILES string of the molecule is Cc1ccc(OC(F)F)c(NC(=O)CCn2nc(C)c([N+](=O)[O-])c2C)c1. The van der Waals surface area contributed by atoms with Crippen LogP contribution in [0, 0.1) is 30.9 Å². The summed E-state index contributed by atoms with van der Waals surface area (Å²) in [6.45, 7) is 1.91. The van der Waals surface area contributed by atoms with Crippen LogP contribution in [0.15, 0.2) is 18.2 Å². The molecule has 140 valence electrons. The summed E-state index contributed by atoms with van der Waals surface area (Å²) in [6, 6.07) is 4.45. The molecule has 0 unspecified atom stereocenters. The number of amides is 1. The van der Waals surface area contributed by atoms with Crippen molar-refractivity contribution in [2.24, 2.45) is 0 Å². The fraction of sp³-hybridized carbons (Fsp3) is 0.375. The maximum Gasteiger partial charge on any atom is 0.387 e. The molecular formula is C16H18F2N4O4. The van der Waals surface area contributed by atoms with E-state index in [1.54, 1.807) is 19.9 Å². The Hall–Kier alpha value is -3.04. The highest BCUT2D eigenvalue weighted by Crippen LogP contribution is 2.27. The highest BCUT2D eigenvalue weighted by molar-refractivity contribution is 5.92. The van der Waals surface area contributed by atoms with Crippen molar-refractivity contribution in [3.63, 3.8) is 0 Å². The van der Waals surface area contributed by atoms with E-state index in [1.807, 2.05) is 0 Å². The van der Waals surface area contributed by atoms with Crippen molar-refractivity contribution in [3.8, 4) is 5.75 Å². The van der Waals surface area contributed by atoms with Gasteiger partial charge in [0.2, 0.25) is 5.91 Å². The smallest absolute Gasteiger partial charge is 0.387 e. The van der Waals surface area contributed by atoms with Crippen LogP contribution in [-0.2, 0) is 11.3 Å². The van der Waals surface area contributed by atoms with Gasteiger partial charge in [0.25, 0.3) is 0 Å². The van der Waals surface area contributed by atoms with Gasteiger partial charge in [0.1, 0.15) is 17.1 Å². The minimum atomic E-state index is -3.01. The second kappa shape index (κ2) is 7.89. The van der Waals surface area contributed by atoms with Crippen LogP contribution in [0.2, 0.25) is 0 Å². The number of nitrogens with one attached hydrogen (secondary N) is 1. The molecule has 0 saturated carbocycles. The summed E-state index contributed by atoms with van der Waals surface area (Å²) < 4.78 is 30.7. The Morgan fingerprint density at radius 1 is 1.38 bits per heavy atom. The Bertz CT molecular complexity index is 836. The normalized spacial score (nSPS) is 10.8. The number of carbonyl (C=O) groups excluding carboxylic acids is 1. The largest absolute Gasteiger partial charge is 0.433 e. The number of aromatic nitrogens is 2. The number of benzene rings is 1. The third-order valence-corrected chi connectivity index (χ3v) is 3.70. The predicted octanol–water partition coefficient (Wildman–Crippen LogP) is 3.35. The number of carbonyl (C=O) groups is 1. The molecule has 0 fully saturated rings. The molecule has 0 radical (unpaired) electrons. The number of hydrogen-bond donors (Lipinski definition) is 1. The van der Waals surface area contributed by atoms with Gasteiger partial charge in [0, 0.05) is 6.42 Å². The van der Waals surface area contributed by atoms with Crippen molar-refractivity contribution >= 4 is 17.3 Å². The van der Waals surface area contributed by atoms with Gasteiger partial charge < -0.3 is 10.1 Å². The van der Waals surface area contributed by atoms with Gasteiger partial charge in [-0.3, -0.25) is 19.6 Å². The van der Waals surface area contributed by atoms with Crippen molar-refractivity contribution < 1.29 is 23.2 Å². The van der Waals surface area contributed by atoms with Crippen molar-refractivity contribution in [1.29, 1.82) is 0 Å². The summed E-state index contributed by atoms with van der Waals surface area (Å²) in [4.78, 5) is 22.6. The Morgan fingerprint density at radius 2 is 2.08 bits per heavy atom. The fourth-order valence-electron chi connectivity index (χ4n) is 2.53. The van der Waals surface area contributed by atoms with Crippen LogP contribution in [0.5, 0.6) is 5.75 Å². The van der Waals surface area contributed by atoms with Crippen LogP contribution in [0.25, 0.3) is 0 Å². The molecule has 0 spiro atoms. The maximum absolute atomic E-state index is 12.5. The average Bonchev–Trinajstić information content (AvgIpc) is 2.81. The molecule has 26 heavy (non-hydrogen) atoms.